The Morgan fingerprint density at radius 2 is 1.75 bits per heavy atom. The number of hydrogen-bond donors (Lipinski definition) is 0. The lowest BCUT2D eigenvalue weighted by Gasteiger charge is -2.07. The largest absolute Gasteiger partial charge is 0.489 e. The summed E-state index contributed by atoms with van der Waals surface area (Å²) < 4.78 is 11.1. The first-order valence-electron chi connectivity index (χ1n) is 5.05. The third kappa shape index (κ3) is 1.65. The minimum atomic E-state index is 0.377. The fraction of sp³-hybridized carbons (Fsp3) is 0.273. The highest BCUT2D eigenvalue weighted by Crippen LogP contribution is 2.33. The van der Waals surface area contributed by atoms with Crippen LogP contribution in [0.2, 0.25) is 5.15 Å². The second-order valence-electron chi connectivity index (χ2n) is 3.53. The van der Waals surface area contributed by atoms with E-state index in [1.807, 2.05) is 12.1 Å². The van der Waals surface area contributed by atoms with Gasteiger partial charge in [0.2, 0.25) is 0 Å². The first-order chi connectivity index (χ1) is 7.83. The van der Waals surface area contributed by atoms with Crippen LogP contribution in [0, 0.1) is 0 Å². The zero-order valence-corrected chi connectivity index (χ0v) is 9.20. The van der Waals surface area contributed by atoms with Crippen LogP contribution in [0.3, 0.4) is 0 Å². The number of halogens is 1. The number of fused-ring (bicyclic) bond motifs is 2. The lowest BCUT2D eigenvalue weighted by atomic mass is 10.2. The van der Waals surface area contributed by atoms with Gasteiger partial charge in [0.1, 0.15) is 5.15 Å². The second-order valence-corrected chi connectivity index (χ2v) is 3.92. The van der Waals surface area contributed by atoms with Gasteiger partial charge in [-0.05, 0) is 0 Å². The summed E-state index contributed by atoms with van der Waals surface area (Å²) in [5.41, 5.74) is 1.48. The summed E-state index contributed by atoms with van der Waals surface area (Å²) in [5, 5.41) is 0.377. The van der Waals surface area contributed by atoms with Crippen LogP contribution < -0.4 is 9.47 Å². The summed E-state index contributed by atoms with van der Waals surface area (Å²) in [6, 6.07) is 3.65. The summed E-state index contributed by atoms with van der Waals surface area (Å²) in [6.45, 7) is 1.33. The van der Waals surface area contributed by atoms with E-state index < -0.39 is 0 Å². The Kier molecular flexibility index (Phi) is 2.29. The molecule has 0 aliphatic carbocycles. The summed E-state index contributed by atoms with van der Waals surface area (Å²) >= 11 is 5.79. The van der Waals surface area contributed by atoms with Gasteiger partial charge in [-0.1, -0.05) is 11.6 Å². The third-order valence-electron chi connectivity index (χ3n) is 2.38. The molecule has 4 nitrogen and oxygen atoms in total. The minimum absolute atomic E-state index is 0.377. The molecule has 0 amide bonds. The Morgan fingerprint density at radius 1 is 1.06 bits per heavy atom. The smallest absolute Gasteiger partial charge is 0.163 e. The second kappa shape index (κ2) is 3.79. The molecule has 0 spiro atoms. The Bertz CT molecular complexity index is 545. The normalized spacial score (nSPS) is 14.8. The molecular weight excluding hydrogens is 228 g/mol. The summed E-state index contributed by atoms with van der Waals surface area (Å²) in [6.07, 6.45) is 2.40. The van der Waals surface area contributed by atoms with Gasteiger partial charge in [-0.3, -0.25) is 4.98 Å². The molecule has 0 N–H and O–H groups in total. The van der Waals surface area contributed by atoms with E-state index in [2.05, 4.69) is 9.97 Å². The predicted molar refractivity (Wildman–Crippen MR) is 60.2 cm³/mol. The molecule has 3 rings (SSSR count). The lowest BCUT2D eigenvalue weighted by molar-refractivity contribution is 0.297. The van der Waals surface area contributed by atoms with Crippen molar-refractivity contribution in [2.75, 3.05) is 13.2 Å². The molecule has 2 heterocycles. The highest BCUT2D eigenvalue weighted by Gasteiger charge is 2.12. The number of hydrogen-bond acceptors (Lipinski definition) is 4. The maximum atomic E-state index is 5.79. The Balaban J connectivity index is 2.20. The van der Waals surface area contributed by atoms with Crippen molar-refractivity contribution < 1.29 is 9.47 Å². The summed E-state index contributed by atoms with van der Waals surface area (Å²) in [4.78, 5) is 8.37. The van der Waals surface area contributed by atoms with Crippen molar-refractivity contribution in [2.24, 2.45) is 0 Å². The van der Waals surface area contributed by atoms with Gasteiger partial charge >= 0.3 is 0 Å². The zero-order chi connectivity index (χ0) is 11.0. The van der Waals surface area contributed by atoms with E-state index in [0.717, 1.165) is 23.2 Å². The zero-order valence-electron chi connectivity index (χ0n) is 8.44. The molecule has 2 aromatic rings. The van der Waals surface area contributed by atoms with Crippen LogP contribution in [0.5, 0.6) is 11.5 Å². The Morgan fingerprint density at radius 3 is 2.50 bits per heavy atom. The van der Waals surface area contributed by atoms with Crippen LogP contribution in [0.1, 0.15) is 6.42 Å². The molecule has 5 heteroatoms. The summed E-state index contributed by atoms with van der Waals surface area (Å²) in [7, 11) is 0. The van der Waals surface area contributed by atoms with Crippen LogP contribution >= 0.6 is 11.6 Å². The molecule has 0 fully saturated rings. The Hall–Kier alpha value is -1.55. The van der Waals surface area contributed by atoms with E-state index in [1.54, 1.807) is 0 Å². The van der Waals surface area contributed by atoms with Gasteiger partial charge in [-0.2, -0.15) is 0 Å². The van der Waals surface area contributed by atoms with Crippen molar-refractivity contribution in [2.45, 2.75) is 6.42 Å². The molecule has 1 aliphatic heterocycles. The van der Waals surface area contributed by atoms with E-state index in [9.17, 15) is 0 Å². The minimum Gasteiger partial charge on any atom is -0.489 e. The fourth-order valence-electron chi connectivity index (χ4n) is 1.65. The van der Waals surface area contributed by atoms with Gasteiger partial charge < -0.3 is 9.47 Å². The topological polar surface area (TPSA) is 44.2 Å². The maximum Gasteiger partial charge on any atom is 0.163 e. The standard InChI is InChI=1S/C11H9ClN2O2/c12-11-6-13-7-4-9-10(5-8(7)14-11)16-3-1-2-15-9/h4-6H,1-3H2. The SMILES string of the molecule is Clc1cnc2cc3c(cc2n1)OCCCO3. The highest BCUT2D eigenvalue weighted by atomic mass is 35.5. The molecule has 0 radical (unpaired) electrons. The first kappa shape index (κ1) is 9.66. The van der Waals surface area contributed by atoms with Crippen molar-refractivity contribution in [3.8, 4) is 11.5 Å². The van der Waals surface area contributed by atoms with Crippen LogP contribution in [0.15, 0.2) is 18.3 Å². The van der Waals surface area contributed by atoms with E-state index in [0.29, 0.717) is 24.1 Å². The third-order valence-corrected chi connectivity index (χ3v) is 2.56. The van der Waals surface area contributed by atoms with E-state index in [4.69, 9.17) is 21.1 Å². The van der Waals surface area contributed by atoms with Gasteiger partial charge in [-0.15, -0.1) is 0 Å². The molecule has 0 atom stereocenters. The molecule has 1 aromatic heterocycles. The van der Waals surface area contributed by atoms with E-state index >= 15 is 0 Å². The van der Waals surface area contributed by atoms with Crippen molar-refractivity contribution in [3.05, 3.63) is 23.5 Å². The van der Waals surface area contributed by atoms with Gasteiger partial charge in [-0.25, -0.2) is 4.98 Å². The number of nitrogens with zero attached hydrogens (tertiary/aromatic N) is 2. The van der Waals surface area contributed by atoms with Crippen LogP contribution in [-0.4, -0.2) is 23.2 Å². The number of benzene rings is 1. The highest BCUT2D eigenvalue weighted by molar-refractivity contribution is 6.29. The average molecular weight is 237 g/mol. The molecule has 82 valence electrons. The maximum absolute atomic E-state index is 5.79. The van der Waals surface area contributed by atoms with Crippen molar-refractivity contribution in [3.63, 3.8) is 0 Å². The molecule has 0 saturated carbocycles. The molecule has 0 saturated heterocycles. The van der Waals surface area contributed by atoms with Crippen molar-refractivity contribution >= 4 is 22.6 Å². The first-order valence-corrected chi connectivity index (χ1v) is 5.42. The predicted octanol–water partition coefficient (Wildman–Crippen LogP) is 2.44. The van der Waals surface area contributed by atoms with Gasteiger partial charge in [0.15, 0.2) is 11.5 Å². The van der Waals surface area contributed by atoms with E-state index in [-0.39, 0.29) is 0 Å². The fourth-order valence-corrected chi connectivity index (χ4v) is 1.79. The Labute approximate surface area is 97.2 Å². The van der Waals surface area contributed by atoms with Crippen LogP contribution in [0.4, 0.5) is 0 Å². The number of rotatable bonds is 0. The molecular formula is C11H9ClN2O2. The summed E-state index contributed by atoms with van der Waals surface area (Å²) in [5.74, 6) is 1.43. The van der Waals surface area contributed by atoms with Crippen LogP contribution in [0.25, 0.3) is 11.0 Å². The number of ether oxygens (including phenoxy) is 2. The van der Waals surface area contributed by atoms with Gasteiger partial charge in [0.05, 0.1) is 30.4 Å². The van der Waals surface area contributed by atoms with Crippen LogP contribution in [-0.2, 0) is 0 Å². The van der Waals surface area contributed by atoms with Gasteiger partial charge in [0.25, 0.3) is 0 Å². The quantitative estimate of drug-likeness (QED) is 0.705. The monoisotopic (exact) mass is 236 g/mol. The van der Waals surface area contributed by atoms with Crippen molar-refractivity contribution in [1.82, 2.24) is 9.97 Å². The molecule has 16 heavy (non-hydrogen) atoms. The molecule has 0 unspecified atom stereocenters. The lowest BCUT2D eigenvalue weighted by Crippen LogP contribution is -1.97. The molecule has 1 aliphatic rings. The van der Waals surface area contributed by atoms with Crippen molar-refractivity contribution in [1.29, 1.82) is 0 Å². The van der Waals surface area contributed by atoms with E-state index in [1.165, 1.54) is 6.20 Å². The van der Waals surface area contributed by atoms with Gasteiger partial charge in [0, 0.05) is 18.6 Å². The number of aromatic nitrogens is 2. The average Bonchev–Trinajstić information content (AvgIpc) is 2.50. The molecule has 0 bridgehead atoms. The molecule has 1 aromatic carbocycles.